The molecule has 0 aliphatic rings. The number of rotatable bonds is 3. The highest BCUT2D eigenvalue weighted by atomic mass is 28.4. The number of allylic oxidation sites excluding steroid dienone is 1. The van der Waals surface area contributed by atoms with E-state index >= 15 is 0 Å². The minimum atomic E-state index is -1.98. The standard InChI is InChI=1S/C8H18OSi/c1-6-7-8(2,3)10(4,5)9/h6,9H,1,7H2,2-5H3. The van der Waals surface area contributed by atoms with Gasteiger partial charge in [0.05, 0.1) is 0 Å². The van der Waals surface area contributed by atoms with Gasteiger partial charge in [-0.05, 0) is 24.6 Å². The van der Waals surface area contributed by atoms with E-state index in [9.17, 15) is 4.80 Å². The first-order valence-corrected chi connectivity index (χ1v) is 6.59. The lowest BCUT2D eigenvalue weighted by atomic mass is 10.1. The molecule has 10 heavy (non-hydrogen) atoms. The van der Waals surface area contributed by atoms with Crippen LogP contribution in [0.3, 0.4) is 0 Å². The summed E-state index contributed by atoms with van der Waals surface area (Å²) in [5.41, 5.74) is 0. The molecule has 60 valence electrons. The summed E-state index contributed by atoms with van der Waals surface area (Å²) in [6.07, 6.45) is 2.79. The van der Waals surface area contributed by atoms with Crippen molar-refractivity contribution < 1.29 is 4.80 Å². The first-order chi connectivity index (χ1) is 4.31. The third kappa shape index (κ3) is 2.27. The molecular formula is C8H18OSi. The van der Waals surface area contributed by atoms with Crippen molar-refractivity contribution in [2.75, 3.05) is 0 Å². The lowest BCUT2D eigenvalue weighted by molar-refractivity contribution is 0.471. The van der Waals surface area contributed by atoms with Gasteiger partial charge < -0.3 is 4.80 Å². The van der Waals surface area contributed by atoms with Crippen LogP contribution in [0.2, 0.25) is 18.1 Å². The number of hydrogen-bond acceptors (Lipinski definition) is 1. The third-order valence-electron chi connectivity index (χ3n) is 2.31. The molecular weight excluding hydrogens is 140 g/mol. The van der Waals surface area contributed by atoms with Gasteiger partial charge in [0.2, 0.25) is 0 Å². The molecule has 0 heterocycles. The molecule has 0 aliphatic carbocycles. The smallest absolute Gasteiger partial charge is 0.188 e. The lowest BCUT2D eigenvalue weighted by Crippen LogP contribution is -2.38. The van der Waals surface area contributed by atoms with Crippen molar-refractivity contribution in [3.63, 3.8) is 0 Å². The zero-order valence-corrected chi connectivity index (χ0v) is 8.44. The molecule has 0 atom stereocenters. The van der Waals surface area contributed by atoms with Crippen molar-refractivity contribution in [2.24, 2.45) is 0 Å². The summed E-state index contributed by atoms with van der Waals surface area (Å²) in [6.45, 7) is 11.8. The minimum Gasteiger partial charge on any atom is -0.432 e. The second-order valence-electron chi connectivity index (χ2n) is 3.94. The van der Waals surface area contributed by atoms with Gasteiger partial charge in [0.25, 0.3) is 0 Å². The van der Waals surface area contributed by atoms with E-state index in [0.717, 1.165) is 6.42 Å². The molecule has 0 amide bonds. The van der Waals surface area contributed by atoms with Gasteiger partial charge in [0.15, 0.2) is 8.32 Å². The fourth-order valence-corrected chi connectivity index (χ4v) is 1.25. The zero-order valence-electron chi connectivity index (χ0n) is 7.44. The molecule has 0 aliphatic heterocycles. The van der Waals surface area contributed by atoms with E-state index in [2.05, 4.69) is 20.4 Å². The Bertz CT molecular complexity index is 122. The van der Waals surface area contributed by atoms with Crippen LogP contribution >= 0.6 is 0 Å². The van der Waals surface area contributed by atoms with Crippen LogP contribution in [0.15, 0.2) is 12.7 Å². The third-order valence-corrected chi connectivity index (χ3v) is 5.83. The number of hydrogen-bond donors (Lipinski definition) is 1. The maximum atomic E-state index is 9.77. The summed E-state index contributed by atoms with van der Waals surface area (Å²) in [5.74, 6) is 0. The highest BCUT2D eigenvalue weighted by Crippen LogP contribution is 2.38. The molecule has 2 heteroatoms. The Balaban J connectivity index is 4.23. The van der Waals surface area contributed by atoms with Crippen molar-refractivity contribution in [3.8, 4) is 0 Å². The van der Waals surface area contributed by atoms with Crippen LogP contribution in [0.25, 0.3) is 0 Å². The summed E-state index contributed by atoms with van der Waals surface area (Å²) in [5, 5.41) is 0.0642. The van der Waals surface area contributed by atoms with E-state index in [1.807, 2.05) is 19.2 Å². The van der Waals surface area contributed by atoms with Crippen LogP contribution in [0.1, 0.15) is 20.3 Å². The van der Waals surface area contributed by atoms with E-state index in [1.54, 1.807) is 0 Å². The van der Waals surface area contributed by atoms with Crippen molar-refractivity contribution in [3.05, 3.63) is 12.7 Å². The van der Waals surface area contributed by atoms with Gasteiger partial charge in [-0.1, -0.05) is 19.9 Å². The van der Waals surface area contributed by atoms with Crippen LogP contribution in [0.4, 0.5) is 0 Å². The Morgan fingerprint density at radius 1 is 1.50 bits per heavy atom. The summed E-state index contributed by atoms with van der Waals surface area (Å²) in [7, 11) is -1.98. The van der Waals surface area contributed by atoms with Crippen LogP contribution in [0, 0.1) is 0 Å². The largest absolute Gasteiger partial charge is 0.432 e. The van der Waals surface area contributed by atoms with Gasteiger partial charge in [0, 0.05) is 0 Å². The topological polar surface area (TPSA) is 20.2 Å². The normalized spacial score (nSPS) is 13.3. The van der Waals surface area contributed by atoms with E-state index in [0.29, 0.717) is 0 Å². The van der Waals surface area contributed by atoms with E-state index in [1.165, 1.54) is 0 Å². The Morgan fingerprint density at radius 2 is 1.90 bits per heavy atom. The summed E-state index contributed by atoms with van der Waals surface area (Å²) < 4.78 is 0. The molecule has 0 aromatic carbocycles. The Morgan fingerprint density at radius 3 is 2.00 bits per heavy atom. The minimum absolute atomic E-state index is 0.0642. The van der Waals surface area contributed by atoms with Crippen LogP contribution in [0.5, 0.6) is 0 Å². The van der Waals surface area contributed by atoms with Crippen LogP contribution in [-0.4, -0.2) is 13.1 Å². The molecule has 0 rings (SSSR count). The molecule has 0 radical (unpaired) electrons. The Kier molecular flexibility index (Phi) is 2.86. The molecule has 0 saturated carbocycles. The molecule has 1 nitrogen and oxygen atoms in total. The second-order valence-corrected chi connectivity index (χ2v) is 8.41. The fraction of sp³-hybridized carbons (Fsp3) is 0.750. The predicted octanol–water partition coefficient (Wildman–Crippen LogP) is 2.54. The zero-order chi connectivity index (χ0) is 8.41. The SMILES string of the molecule is C=CCC(C)(C)[Si](C)(C)O. The summed E-state index contributed by atoms with van der Waals surface area (Å²) in [6, 6.07) is 0. The van der Waals surface area contributed by atoms with E-state index in [4.69, 9.17) is 0 Å². The van der Waals surface area contributed by atoms with Crippen molar-refractivity contribution in [1.29, 1.82) is 0 Å². The molecule has 0 bridgehead atoms. The Labute approximate surface area is 64.9 Å². The summed E-state index contributed by atoms with van der Waals surface area (Å²) >= 11 is 0. The molecule has 0 fully saturated rings. The second kappa shape index (κ2) is 2.89. The molecule has 0 spiro atoms. The molecule has 0 saturated heterocycles. The quantitative estimate of drug-likeness (QED) is 0.494. The van der Waals surface area contributed by atoms with E-state index < -0.39 is 8.32 Å². The van der Waals surface area contributed by atoms with E-state index in [-0.39, 0.29) is 5.04 Å². The highest BCUT2D eigenvalue weighted by Gasteiger charge is 2.36. The Hall–Kier alpha value is -0.0831. The van der Waals surface area contributed by atoms with Gasteiger partial charge >= 0.3 is 0 Å². The molecule has 0 aromatic heterocycles. The van der Waals surface area contributed by atoms with Crippen molar-refractivity contribution >= 4 is 8.32 Å². The first-order valence-electron chi connectivity index (χ1n) is 3.64. The monoisotopic (exact) mass is 158 g/mol. The van der Waals surface area contributed by atoms with Gasteiger partial charge in [-0.25, -0.2) is 0 Å². The average molecular weight is 158 g/mol. The van der Waals surface area contributed by atoms with Gasteiger partial charge in [0.1, 0.15) is 0 Å². The lowest BCUT2D eigenvalue weighted by Gasteiger charge is -2.33. The van der Waals surface area contributed by atoms with Crippen molar-refractivity contribution in [2.45, 2.75) is 38.4 Å². The molecule has 0 unspecified atom stereocenters. The summed E-state index contributed by atoms with van der Waals surface area (Å²) in [4.78, 5) is 9.77. The average Bonchev–Trinajstić information content (AvgIpc) is 1.61. The van der Waals surface area contributed by atoms with Gasteiger partial charge in [-0.2, -0.15) is 0 Å². The highest BCUT2D eigenvalue weighted by molar-refractivity contribution is 6.72. The van der Waals surface area contributed by atoms with Crippen LogP contribution in [-0.2, 0) is 0 Å². The van der Waals surface area contributed by atoms with Gasteiger partial charge in [-0.3, -0.25) is 0 Å². The first kappa shape index (κ1) is 9.92. The maximum Gasteiger partial charge on any atom is 0.188 e. The fourth-order valence-electron chi connectivity index (χ4n) is 0.611. The van der Waals surface area contributed by atoms with Crippen LogP contribution < -0.4 is 0 Å². The van der Waals surface area contributed by atoms with Gasteiger partial charge in [-0.15, -0.1) is 6.58 Å². The maximum absolute atomic E-state index is 9.77. The van der Waals surface area contributed by atoms with Crippen molar-refractivity contribution in [1.82, 2.24) is 0 Å². The molecule has 1 N–H and O–H groups in total. The predicted molar refractivity (Wildman–Crippen MR) is 48.6 cm³/mol. The molecule has 0 aromatic rings.